The van der Waals surface area contributed by atoms with Gasteiger partial charge in [0.05, 0.1) is 5.56 Å². The lowest BCUT2D eigenvalue weighted by Gasteiger charge is -2.05. The van der Waals surface area contributed by atoms with E-state index in [-0.39, 0.29) is 11.5 Å². The molecule has 2 rings (SSSR count). The molecule has 4 nitrogen and oxygen atoms in total. The zero-order valence-electron chi connectivity index (χ0n) is 9.77. The summed E-state index contributed by atoms with van der Waals surface area (Å²) in [6.45, 7) is 0. The number of nitrogens with one attached hydrogen (secondary N) is 2. The van der Waals surface area contributed by atoms with Crippen molar-refractivity contribution in [3.05, 3.63) is 58.5 Å². The zero-order valence-corrected chi connectivity index (χ0v) is 10.6. The maximum absolute atomic E-state index is 11.8. The van der Waals surface area contributed by atoms with Crippen molar-refractivity contribution in [2.45, 2.75) is 4.90 Å². The molecule has 1 aromatic heterocycles. The van der Waals surface area contributed by atoms with E-state index in [2.05, 4.69) is 10.3 Å². The van der Waals surface area contributed by atoms with Crippen LogP contribution in [0.3, 0.4) is 0 Å². The van der Waals surface area contributed by atoms with E-state index in [1.807, 2.05) is 30.5 Å². The molecule has 0 aliphatic carbocycles. The zero-order chi connectivity index (χ0) is 13.0. The van der Waals surface area contributed by atoms with Crippen LogP contribution < -0.4 is 10.9 Å². The smallest absolute Gasteiger partial charge is 0.257 e. The molecular formula is C13H12N2O2S. The molecule has 0 radical (unpaired) electrons. The fourth-order valence-electron chi connectivity index (χ4n) is 1.43. The number of amides is 1. The number of aromatic nitrogens is 1. The molecule has 0 aliphatic rings. The number of benzene rings is 1. The Balaban J connectivity index is 2.10. The molecule has 2 aromatic rings. The number of anilines is 1. The third-order valence-electron chi connectivity index (χ3n) is 2.39. The molecule has 0 aliphatic heterocycles. The first kappa shape index (κ1) is 12.4. The van der Waals surface area contributed by atoms with Crippen molar-refractivity contribution in [3.63, 3.8) is 0 Å². The van der Waals surface area contributed by atoms with Crippen molar-refractivity contribution in [2.24, 2.45) is 0 Å². The first-order valence-corrected chi connectivity index (χ1v) is 6.55. The molecule has 0 saturated carbocycles. The van der Waals surface area contributed by atoms with Crippen LogP contribution in [-0.2, 0) is 0 Å². The van der Waals surface area contributed by atoms with Crippen molar-refractivity contribution in [1.82, 2.24) is 4.98 Å². The Morgan fingerprint density at radius 1 is 1.17 bits per heavy atom. The van der Waals surface area contributed by atoms with Crippen molar-refractivity contribution >= 4 is 23.4 Å². The van der Waals surface area contributed by atoms with E-state index in [0.29, 0.717) is 5.56 Å². The molecule has 0 bridgehead atoms. The predicted molar refractivity (Wildman–Crippen MR) is 73.2 cm³/mol. The standard InChI is InChI=1S/C13H12N2O2S/c1-18-11-5-3-10(4-6-11)15-13(17)9-2-7-12(16)14-8-9/h2-8H,1H3,(H,14,16)(H,15,17). The number of hydrogen-bond donors (Lipinski definition) is 2. The quantitative estimate of drug-likeness (QED) is 0.833. The van der Waals surface area contributed by atoms with Gasteiger partial charge in [-0.1, -0.05) is 0 Å². The second-order valence-electron chi connectivity index (χ2n) is 3.62. The SMILES string of the molecule is CSc1ccc(NC(=O)c2ccc(=O)[nH]c2)cc1. The highest BCUT2D eigenvalue weighted by Gasteiger charge is 2.05. The van der Waals surface area contributed by atoms with Gasteiger partial charge < -0.3 is 10.3 Å². The summed E-state index contributed by atoms with van der Waals surface area (Å²) in [7, 11) is 0. The van der Waals surface area contributed by atoms with E-state index in [1.165, 1.54) is 18.3 Å². The molecule has 0 spiro atoms. The Hall–Kier alpha value is -2.01. The molecule has 0 unspecified atom stereocenters. The molecule has 2 N–H and O–H groups in total. The first-order valence-electron chi connectivity index (χ1n) is 5.33. The minimum atomic E-state index is -0.247. The number of carbonyl (C=O) groups is 1. The Morgan fingerprint density at radius 2 is 1.89 bits per heavy atom. The van der Waals surface area contributed by atoms with Crippen LogP contribution in [0, 0.1) is 0 Å². The fraction of sp³-hybridized carbons (Fsp3) is 0.0769. The number of hydrogen-bond acceptors (Lipinski definition) is 3. The van der Waals surface area contributed by atoms with Gasteiger partial charge in [0.2, 0.25) is 5.56 Å². The normalized spacial score (nSPS) is 10.1. The molecule has 1 amide bonds. The van der Waals surface area contributed by atoms with Gasteiger partial charge in [-0.05, 0) is 36.6 Å². The van der Waals surface area contributed by atoms with E-state index in [1.54, 1.807) is 11.8 Å². The predicted octanol–water partition coefficient (Wildman–Crippen LogP) is 2.35. The van der Waals surface area contributed by atoms with Crippen LogP contribution in [-0.4, -0.2) is 17.1 Å². The van der Waals surface area contributed by atoms with Gasteiger partial charge in [0.25, 0.3) is 5.91 Å². The summed E-state index contributed by atoms with van der Waals surface area (Å²) in [4.78, 5) is 26.3. The van der Waals surface area contributed by atoms with Gasteiger partial charge in [0, 0.05) is 22.8 Å². The topological polar surface area (TPSA) is 62.0 Å². The average Bonchev–Trinajstić information content (AvgIpc) is 2.40. The lowest BCUT2D eigenvalue weighted by Crippen LogP contribution is -2.14. The lowest BCUT2D eigenvalue weighted by atomic mass is 10.2. The third kappa shape index (κ3) is 3.01. The molecule has 18 heavy (non-hydrogen) atoms. The molecule has 1 aromatic carbocycles. The summed E-state index contributed by atoms with van der Waals surface area (Å²) in [6, 6.07) is 10.4. The first-order chi connectivity index (χ1) is 8.69. The van der Waals surface area contributed by atoms with E-state index < -0.39 is 0 Å². The van der Waals surface area contributed by atoms with Gasteiger partial charge >= 0.3 is 0 Å². The molecule has 0 saturated heterocycles. The highest BCUT2D eigenvalue weighted by Crippen LogP contribution is 2.17. The average molecular weight is 260 g/mol. The van der Waals surface area contributed by atoms with Crippen LogP contribution in [0.5, 0.6) is 0 Å². The van der Waals surface area contributed by atoms with Gasteiger partial charge in [0.1, 0.15) is 0 Å². The largest absolute Gasteiger partial charge is 0.328 e. The summed E-state index contributed by atoms with van der Waals surface area (Å²) in [6.07, 6.45) is 3.39. The molecule has 0 fully saturated rings. The van der Waals surface area contributed by atoms with Crippen LogP contribution in [0.2, 0.25) is 0 Å². The maximum Gasteiger partial charge on any atom is 0.257 e. The molecule has 1 heterocycles. The Morgan fingerprint density at radius 3 is 2.44 bits per heavy atom. The number of H-pyrrole nitrogens is 1. The maximum atomic E-state index is 11.8. The Labute approximate surface area is 108 Å². The van der Waals surface area contributed by atoms with Gasteiger partial charge in [-0.15, -0.1) is 11.8 Å². The number of pyridine rings is 1. The second-order valence-corrected chi connectivity index (χ2v) is 4.50. The molecule has 92 valence electrons. The summed E-state index contributed by atoms with van der Waals surface area (Å²) in [5.41, 5.74) is 0.920. The summed E-state index contributed by atoms with van der Waals surface area (Å²) >= 11 is 1.64. The van der Waals surface area contributed by atoms with Crippen LogP contribution >= 0.6 is 11.8 Å². The Kier molecular flexibility index (Phi) is 3.84. The van der Waals surface area contributed by atoms with Gasteiger partial charge in [-0.25, -0.2) is 0 Å². The minimum absolute atomic E-state index is 0.226. The monoisotopic (exact) mass is 260 g/mol. The fourth-order valence-corrected chi connectivity index (χ4v) is 1.84. The van der Waals surface area contributed by atoms with E-state index in [9.17, 15) is 9.59 Å². The van der Waals surface area contributed by atoms with E-state index in [4.69, 9.17) is 0 Å². The van der Waals surface area contributed by atoms with Gasteiger partial charge in [-0.2, -0.15) is 0 Å². The summed E-state index contributed by atoms with van der Waals surface area (Å²) in [5.74, 6) is -0.247. The van der Waals surface area contributed by atoms with E-state index >= 15 is 0 Å². The number of aromatic amines is 1. The lowest BCUT2D eigenvalue weighted by molar-refractivity contribution is 0.102. The summed E-state index contributed by atoms with van der Waals surface area (Å²) in [5, 5.41) is 2.76. The third-order valence-corrected chi connectivity index (χ3v) is 3.14. The highest BCUT2D eigenvalue weighted by molar-refractivity contribution is 7.98. The van der Waals surface area contributed by atoms with Crippen molar-refractivity contribution in [1.29, 1.82) is 0 Å². The van der Waals surface area contributed by atoms with Gasteiger partial charge in [0.15, 0.2) is 0 Å². The number of thioether (sulfide) groups is 1. The number of rotatable bonds is 3. The van der Waals surface area contributed by atoms with Crippen molar-refractivity contribution in [2.75, 3.05) is 11.6 Å². The van der Waals surface area contributed by atoms with Crippen molar-refractivity contribution < 1.29 is 4.79 Å². The van der Waals surface area contributed by atoms with Crippen LogP contribution in [0.25, 0.3) is 0 Å². The van der Waals surface area contributed by atoms with Crippen LogP contribution in [0.4, 0.5) is 5.69 Å². The summed E-state index contributed by atoms with van der Waals surface area (Å²) < 4.78 is 0. The Bertz CT molecular complexity index is 585. The number of carbonyl (C=O) groups excluding carboxylic acids is 1. The highest BCUT2D eigenvalue weighted by atomic mass is 32.2. The minimum Gasteiger partial charge on any atom is -0.328 e. The van der Waals surface area contributed by atoms with E-state index in [0.717, 1.165) is 10.6 Å². The molecular weight excluding hydrogens is 248 g/mol. The van der Waals surface area contributed by atoms with Crippen LogP contribution in [0.15, 0.2) is 52.3 Å². The van der Waals surface area contributed by atoms with Crippen molar-refractivity contribution in [3.8, 4) is 0 Å². The molecule has 5 heteroatoms. The van der Waals surface area contributed by atoms with Crippen LogP contribution in [0.1, 0.15) is 10.4 Å². The second kappa shape index (κ2) is 5.55. The molecule has 0 atom stereocenters. The van der Waals surface area contributed by atoms with Gasteiger partial charge in [-0.3, -0.25) is 9.59 Å².